The first-order chi connectivity index (χ1) is 9.89. The number of rotatable bonds is 4. The summed E-state index contributed by atoms with van der Waals surface area (Å²) in [6.45, 7) is 0. The molecule has 0 aromatic heterocycles. The van der Waals surface area contributed by atoms with Gasteiger partial charge in [-0.2, -0.15) is 9.98 Å². The van der Waals surface area contributed by atoms with E-state index >= 15 is 0 Å². The molecule has 1 fully saturated rings. The zero-order valence-electron chi connectivity index (χ0n) is 11.4. The van der Waals surface area contributed by atoms with Crippen molar-refractivity contribution in [3.05, 3.63) is 29.8 Å². The minimum atomic E-state index is -3.98. The number of nitrogens with zero attached hydrogens (tertiary/aromatic N) is 1. The third kappa shape index (κ3) is 3.23. The molecule has 6 nitrogen and oxygen atoms in total. The molecule has 7 heteroatoms. The number of hydrogen-bond acceptors (Lipinski definition) is 4. The second-order valence-corrected chi connectivity index (χ2v) is 6.88. The highest BCUT2D eigenvalue weighted by atomic mass is 32.2. The van der Waals surface area contributed by atoms with E-state index in [9.17, 15) is 18.3 Å². The Bertz CT molecular complexity index is 685. The van der Waals surface area contributed by atoms with E-state index in [1.807, 2.05) is 6.07 Å². The Balaban J connectivity index is 2.35. The lowest BCUT2D eigenvalue weighted by Crippen LogP contribution is -2.55. The second-order valence-electron chi connectivity index (χ2n) is 5.19. The van der Waals surface area contributed by atoms with Crippen molar-refractivity contribution in [1.29, 1.82) is 5.26 Å². The van der Waals surface area contributed by atoms with Crippen LogP contribution >= 0.6 is 0 Å². The molecule has 2 N–H and O–H groups in total. The average molecular weight is 308 g/mol. The average Bonchev–Trinajstić information content (AvgIpc) is 2.47. The molecule has 2 rings (SSSR count). The van der Waals surface area contributed by atoms with Gasteiger partial charge in [0, 0.05) is 0 Å². The van der Waals surface area contributed by atoms with Crippen LogP contribution in [0.2, 0.25) is 0 Å². The quantitative estimate of drug-likeness (QED) is 0.879. The minimum absolute atomic E-state index is 0.0900. The predicted octanol–water partition coefficient (Wildman–Crippen LogP) is 1.62. The number of benzene rings is 1. The van der Waals surface area contributed by atoms with Gasteiger partial charge in [0.05, 0.1) is 16.5 Å². The molecule has 0 amide bonds. The molecule has 1 saturated carbocycles. The standard InChI is InChI=1S/C14H16N2O4S/c15-10-11-5-4-6-12(9-11)21(19,20)16-14(13(17)18)7-2-1-3-8-14/h4-6,9,16H,1-3,7-8H2,(H,17,18). The van der Waals surface area contributed by atoms with Crippen LogP contribution in [-0.2, 0) is 14.8 Å². The third-order valence-electron chi connectivity index (χ3n) is 3.72. The van der Waals surface area contributed by atoms with Crippen molar-refractivity contribution in [1.82, 2.24) is 4.72 Å². The van der Waals surface area contributed by atoms with E-state index in [0.29, 0.717) is 12.8 Å². The molecule has 1 aromatic rings. The van der Waals surface area contributed by atoms with Gasteiger partial charge in [0.15, 0.2) is 0 Å². The Morgan fingerprint density at radius 2 is 1.95 bits per heavy atom. The van der Waals surface area contributed by atoms with Crippen molar-refractivity contribution in [2.75, 3.05) is 0 Å². The number of carboxylic acid groups (broad SMARTS) is 1. The van der Waals surface area contributed by atoms with Crippen LogP contribution in [0.15, 0.2) is 29.2 Å². The van der Waals surface area contributed by atoms with Gasteiger partial charge in [-0.05, 0) is 31.0 Å². The van der Waals surface area contributed by atoms with Gasteiger partial charge in [-0.15, -0.1) is 0 Å². The van der Waals surface area contributed by atoms with E-state index < -0.39 is 21.5 Å². The zero-order chi connectivity index (χ0) is 15.5. The van der Waals surface area contributed by atoms with Crippen molar-refractivity contribution in [2.45, 2.75) is 42.5 Å². The summed E-state index contributed by atoms with van der Waals surface area (Å²) in [5.74, 6) is -1.15. The number of carboxylic acids is 1. The van der Waals surface area contributed by atoms with Crippen LogP contribution in [0.3, 0.4) is 0 Å². The summed E-state index contributed by atoms with van der Waals surface area (Å²) in [6, 6.07) is 7.40. The number of nitriles is 1. The fourth-order valence-electron chi connectivity index (χ4n) is 2.56. The lowest BCUT2D eigenvalue weighted by molar-refractivity contribution is -0.145. The van der Waals surface area contributed by atoms with Gasteiger partial charge in [-0.3, -0.25) is 4.79 Å². The van der Waals surface area contributed by atoms with Crippen LogP contribution in [-0.4, -0.2) is 25.0 Å². The summed E-state index contributed by atoms with van der Waals surface area (Å²) in [4.78, 5) is 11.4. The molecule has 0 spiro atoms. The molecular weight excluding hydrogens is 292 g/mol. The summed E-state index contributed by atoms with van der Waals surface area (Å²) in [5.41, 5.74) is -1.23. The van der Waals surface area contributed by atoms with Crippen LogP contribution in [0.4, 0.5) is 0 Å². The lowest BCUT2D eigenvalue weighted by Gasteiger charge is -2.33. The molecule has 0 saturated heterocycles. The minimum Gasteiger partial charge on any atom is -0.480 e. The molecule has 0 aliphatic heterocycles. The van der Waals surface area contributed by atoms with Crippen molar-refractivity contribution in [3.63, 3.8) is 0 Å². The van der Waals surface area contributed by atoms with E-state index in [1.165, 1.54) is 24.3 Å². The molecule has 21 heavy (non-hydrogen) atoms. The number of nitrogens with one attached hydrogen (secondary N) is 1. The molecular formula is C14H16N2O4S. The van der Waals surface area contributed by atoms with Crippen LogP contribution < -0.4 is 4.72 Å². The van der Waals surface area contributed by atoms with E-state index in [0.717, 1.165) is 6.42 Å². The Kier molecular flexibility index (Phi) is 4.30. The molecule has 0 bridgehead atoms. The Hall–Kier alpha value is -1.91. The Morgan fingerprint density at radius 1 is 1.29 bits per heavy atom. The number of sulfonamides is 1. The highest BCUT2D eigenvalue weighted by molar-refractivity contribution is 7.89. The van der Waals surface area contributed by atoms with Gasteiger partial charge in [0.25, 0.3) is 0 Å². The van der Waals surface area contributed by atoms with E-state index in [1.54, 1.807) is 0 Å². The smallest absolute Gasteiger partial charge is 0.324 e. The van der Waals surface area contributed by atoms with Crippen molar-refractivity contribution < 1.29 is 18.3 Å². The SMILES string of the molecule is N#Cc1cccc(S(=O)(=O)NC2(C(=O)O)CCCCC2)c1. The topological polar surface area (TPSA) is 107 Å². The van der Waals surface area contributed by atoms with Crippen LogP contribution in [0.5, 0.6) is 0 Å². The molecule has 0 unspecified atom stereocenters. The summed E-state index contributed by atoms with van der Waals surface area (Å²) >= 11 is 0. The van der Waals surface area contributed by atoms with Crippen LogP contribution in [0.1, 0.15) is 37.7 Å². The van der Waals surface area contributed by atoms with Gasteiger partial charge < -0.3 is 5.11 Å². The summed E-state index contributed by atoms with van der Waals surface area (Å²) in [6.07, 6.45) is 2.81. The molecule has 1 aromatic carbocycles. The maximum absolute atomic E-state index is 12.4. The van der Waals surface area contributed by atoms with E-state index in [-0.39, 0.29) is 23.3 Å². The fraction of sp³-hybridized carbons (Fsp3) is 0.429. The first-order valence-corrected chi connectivity index (χ1v) is 8.15. The molecule has 0 radical (unpaired) electrons. The first-order valence-electron chi connectivity index (χ1n) is 6.67. The van der Waals surface area contributed by atoms with Crippen molar-refractivity contribution in [2.24, 2.45) is 0 Å². The predicted molar refractivity (Wildman–Crippen MR) is 74.9 cm³/mol. The number of aliphatic carboxylic acids is 1. The molecule has 0 heterocycles. The van der Waals surface area contributed by atoms with Crippen LogP contribution in [0, 0.1) is 11.3 Å². The van der Waals surface area contributed by atoms with Crippen molar-refractivity contribution >= 4 is 16.0 Å². The van der Waals surface area contributed by atoms with Gasteiger partial charge in [0.1, 0.15) is 5.54 Å². The van der Waals surface area contributed by atoms with E-state index in [4.69, 9.17) is 5.26 Å². The summed E-state index contributed by atoms with van der Waals surface area (Å²) in [5, 5.41) is 18.2. The highest BCUT2D eigenvalue weighted by Crippen LogP contribution is 2.30. The van der Waals surface area contributed by atoms with Crippen molar-refractivity contribution in [3.8, 4) is 6.07 Å². The Morgan fingerprint density at radius 3 is 2.52 bits per heavy atom. The molecule has 1 aliphatic carbocycles. The van der Waals surface area contributed by atoms with Crippen LogP contribution in [0.25, 0.3) is 0 Å². The lowest BCUT2D eigenvalue weighted by atomic mass is 9.83. The third-order valence-corrected chi connectivity index (χ3v) is 5.25. The van der Waals surface area contributed by atoms with Gasteiger partial charge in [-0.25, -0.2) is 8.42 Å². The molecule has 0 atom stereocenters. The summed E-state index contributed by atoms with van der Waals surface area (Å²) < 4.78 is 27.1. The zero-order valence-corrected chi connectivity index (χ0v) is 12.2. The molecule has 112 valence electrons. The second kappa shape index (κ2) is 5.84. The highest BCUT2D eigenvalue weighted by Gasteiger charge is 2.43. The Labute approximate surface area is 123 Å². The number of hydrogen-bond donors (Lipinski definition) is 2. The first kappa shape index (κ1) is 15.5. The van der Waals surface area contributed by atoms with Gasteiger partial charge >= 0.3 is 5.97 Å². The fourth-order valence-corrected chi connectivity index (χ4v) is 4.03. The number of carbonyl (C=O) groups is 1. The largest absolute Gasteiger partial charge is 0.480 e. The maximum Gasteiger partial charge on any atom is 0.324 e. The normalized spacial score (nSPS) is 17.9. The molecule has 1 aliphatic rings. The summed E-state index contributed by atoms with van der Waals surface area (Å²) in [7, 11) is -3.98. The van der Waals surface area contributed by atoms with Gasteiger partial charge in [-0.1, -0.05) is 25.3 Å². The maximum atomic E-state index is 12.4. The van der Waals surface area contributed by atoms with E-state index in [2.05, 4.69) is 4.72 Å². The van der Waals surface area contributed by atoms with Gasteiger partial charge in [0.2, 0.25) is 10.0 Å². The monoisotopic (exact) mass is 308 g/mol.